The zero-order chi connectivity index (χ0) is 43.2. The Hall–Kier alpha value is -1.96. The maximum absolute atomic E-state index is 12.1. The van der Waals surface area contributed by atoms with Gasteiger partial charge in [0.05, 0.1) is 69.2 Å². The highest BCUT2D eigenvalue weighted by Crippen LogP contribution is 2.45. The lowest BCUT2D eigenvalue weighted by Crippen LogP contribution is -2.63. The largest absolute Gasteiger partial charge is 0.469 e. The number of hydrogen-bond acceptors (Lipinski definition) is 20. The number of carbonyl (C=O) groups is 2. The molecule has 20 heteroatoms. The Balaban J connectivity index is 1.14. The maximum atomic E-state index is 12.1. The minimum Gasteiger partial charge on any atom is -0.469 e. The van der Waals surface area contributed by atoms with E-state index in [9.17, 15) is 60.7 Å². The Kier molecular flexibility index (Phi) is 17.1. The van der Waals surface area contributed by atoms with Gasteiger partial charge in [-0.1, -0.05) is 12.2 Å². The summed E-state index contributed by atoms with van der Waals surface area (Å²) in [5.41, 5.74) is 0. The molecule has 0 radical (unpaired) electrons. The van der Waals surface area contributed by atoms with Crippen LogP contribution < -0.4 is 0 Å². The van der Waals surface area contributed by atoms with Crippen molar-refractivity contribution in [1.29, 1.82) is 0 Å². The molecule has 60 heavy (non-hydrogen) atoms. The minimum absolute atomic E-state index is 0.0181. The van der Waals surface area contributed by atoms with Crippen molar-refractivity contribution in [3.8, 4) is 0 Å². The number of carbonyl (C=O) groups excluding carboxylic acids is 2. The number of ether oxygens (including phenoxy) is 8. The third kappa shape index (κ3) is 11.8. The molecule has 3 saturated carbocycles. The molecule has 3 aliphatic carbocycles. The van der Waals surface area contributed by atoms with Crippen molar-refractivity contribution < 1.29 is 98.5 Å². The smallest absolute Gasteiger partial charge is 0.317 e. The van der Waals surface area contributed by atoms with E-state index in [4.69, 9.17) is 33.2 Å². The fourth-order valence-corrected chi connectivity index (χ4v) is 9.43. The van der Waals surface area contributed by atoms with E-state index in [1.165, 1.54) is 0 Å². The highest BCUT2D eigenvalue weighted by Gasteiger charge is 2.54. The third-order valence-electron chi connectivity index (χ3n) is 13.0. The molecule has 3 heterocycles. The standard InChI is InChI=1S/C40H64O20/c1-53-30(45)15-31(46)55-17-29-33(48)35(50)36(51)39(60-29)57-26-13-21(42)12-25-22(26)14-27(38(56-25)19-6-9-23(43)24(44)11-19)58-40-37(52)34(49)32(47)28(59-40)16-54-10-2-3-18-4-7-20(41)8-5-18/h2-3,18-29,32-44,47-52H,4-17H2,1H3/t18?,19?,20?,21?,22?,23?,24?,25?,26?,27?,28-,29-,32-,33-,34+,35+,36-,37-,38?,39-,40-/m1/s1. The van der Waals surface area contributed by atoms with Gasteiger partial charge < -0.3 is 89.0 Å². The molecule has 0 amide bonds. The summed E-state index contributed by atoms with van der Waals surface area (Å²) in [7, 11) is 1.09. The van der Waals surface area contributed by atoms with Gasteiger partial charge in [0, 0.05) is 12.3 Å². The van der Waals surface area contributed by atoms with Gasteiger partial charge in [0.25, 0.3) is 0 Å². The van der Waals surface area contributed by atoms with Crippen LogP contribution in [0.2, 0.25) is 0 Å². The molecule has 0 aromatic rings. The molecule has 6 fully saturated rings. The van der Waals surface area contributed by atoms with E-state index in [-0.39, 0.29) is 57.3 Å². The molecule has 6 aliphatic rings. The van der Waals surface area contributed by atoms with Gasteiger partial charge in [-0.15, -0.1) is 0 Å². The van der Waals surface area contributed by atoms with Gasteiger partial charge in [-0.05, 0) is 69.6 Å². The van der Waals surface area contributed by atoms with E-state index in [0.717, 1.165) is 32.8 Å². The van der Waals surface area contributed by atoms with Crippen LogP contribution >= 0.6 is 0 Å². The molecule has 19 atom stereocenters. The van der Waals surface area contributed by atoms with Crippen LogP contribution in [-0.2, 0) is 47.5 Å². The zero-order valence-electron chi connectivity index (χ0n) is 33.7. The number of rotatable bonds is 14. The molecule has 3 saturated heterocycles. The molecule has 0 aromatic carbocycles. The Morgan fingerprint density at radius 3 is 1.88 bits per heavy atom. The van der Waals surface area contributed by atoms with Gasteiger partial charge in [0.2, 0.25) is 0 Å². The van der Waals surface area contributed by atoms with Gasteiger partial charge >= 0.3 is 11.9 Å². The summed E-state index contributed by atoms with van der Waals surface area (Å²) >= 11 is 0. The monoisotopic (exact) mass is 864 g/mol. The molecule has 20 nitrogen and oxygen atoms in total. The predicted molar refractivity (Wildman–Crippen MR) is 200 cm³/mol. The van der Waals surface area contributed by atoms with Crippen molar-refractivity contribution in [3.05, 3.63) is 12.2 Å². The van der Waals surface area contributed by atoms with Gasteiger partial charge in [-0.25, -0.2) is 0 Å². The van der Waals surface area contributed by atoms with Crippen LogP contribution in [0.1, 0.15) is 70.6 Å². The van der Waals surface area contributed by atoms with E-state index in [0.29, 0.717) is 12.3 Å². The minimum atomic E-state index is -1.81. The number of methoxy groups -OCH3 is 1. The number of esters is 2. The molecular formula is C40H64O20. The second-order valence-electron chi connectivity index (χ2n) is 17.2. The first-order chi connectivity index (χ1) is 28.6. The number of fused-ring (bicyclic) bond motifs is 1. The highest BCUT2D eigenvalue weighted by molar-refractivity contribution is 5.91. The number of aliphatic hydroxyl groups excluding tert-OH is 10. The van der Waals surface area contributed by atoms with E-state index < -0.39 is 135 Å². The fourth-order valence-electron chi connectivity index (χ4n) is 9.43. The van der Waals surface area contributed by atoms with Crippen LogP contribution in [-0.4, -0.2) is 200 Å². The second kappa shape index (κ2) is 21.6. The van der Waals surface area contributed by atoms with Crippen molar-refractivity contribution >= 4 is 11.9 Å². The summed E-state index contributed by atoms with van der Waals surface area (Å²) in [6.07, 6.45) is -14.6. The topological polar surface area (TPSA) is 310 Å². The van der Waals surface area contributed by atoms with E-state index >= 15 is 0 Å². The van der Waals surface area contributed by atoms with E-state index in [2.05, 4.69) is 4.74 Å². The summed E-state index contributed by atoms with van der Waals surface area (Å²) in [5, 5.41) is 107. The van der Waals surface area contributed by atoms with Crippen LogP contribution in [0.4, 0.5) is 0 Å². The summed E-state index contributed by atoms with van der Waals surface area (Å²) in [4.78, 5) is 23.6. The summed E-state index contributed by atoms with van der Waals surface area (Å²) in [5.74, 6) is -2.45. The average molecular weight is 865 g/mol. The first kappa shape index (κ1) is 47.5. The van der Waals surface area contributed by atoms with Gasteiger partial charge in [-0.2, -0.15) is 0 Å². The van der Waals surface area contributed by atoms with Crippen molar-refractivity contribution in [2.75, 3.05) is 26.9 Å². The van der Waals surface area contributed by atoms with Crippen molar-refractivity contribution in [3.63, 3.8) is 0 Å². The maximum Gasteiger partial charge on any atom is 0.317 e. The first-order valence-corrected chi connectivity index (χ1v) is 21.2. The summed E-state index contributed by atoms with van der Waals surface area (Å²) in [6.45, 7) is -0.566. The van der Waals surface area contributed by atoms with Crippen LogP contribution in [0.3, 0.4) is 0 Å². The molecule has 0 aromatic heterocycles. The highest BCUT2D eigenvalue weighted by atomic mass is 16.7. The Morgan fingerprint density at radius 2 is 1.25 bits per heavy atom. The average Bonchev–Trinajstić information content (AvgIpc) is 3.22. The fraction of sp³-hybridized carbons (Fsp3) is 0.900. The second-order valence-corrected chi connectivity index (χ2v) is 17.2. The van der Waals surface area contributed by atoms with E-state index in [1.54, 1.807) is 0 Å². The zero-order valence-corrected chi connectivity index (χ0v) is 33.7. The van der Waals surface area contributed by atoms with Crippen LogP contribution in [0.25, 0.3) is 0 Å². The lowest BCUT2D eigenvalue weighted by molar-refractivity contribution is -0.345. The molecule has 0 spiro atoms. The van der Waals surface area contributed by atoms with Crippen LogP contribution in [0.5, 0.6) is 0 Å². The predicted octanol–water partition coefficient (Wildman–Crippen LogP) is -2.95. The molecule has 6 rings (SSSR count). The molecule has 0 bridgehead atoms. The lowest BCUT2D eigenvalue weighted by atomic mass is 9.72. The SMILES string of the molecule is COC(=O)CC(=O)OC[C@H]1O[C@@H](OC2CC(O)CC3OC(C4CCC(O)C(O)C4)C(O[C@@H]4O[C@H](COCC=CC5CCC(O)CC5)[C@@H](O)[C@H](O)[C@H]4O)CC32)[C@H](O)[C@@H](O)[C@@H]1O. The molecular weight excluding hydrogens is 800 g/mol. The van der Waals surface area contributed by atoms with Crippen LogP contribution in [0.15, 0.2) is 12.2 Å². The first-order valence-electron chi connectivity index (χ1n) is 21.2. The van der Waals surface area contributed by atoms with Crippen LogP contribution in [0, 0.1) is 17.8 Å². The number of allylic oxidation sites excluding steroid dienone is 1. The normalized spacial score (nSPS) is 46.4. The number of hydrogen-bond donors (Lipinski definition) is 10. The summed E-state index contributed by atoms with van der Waals surface area (Å²) < 4.78 is 46.4. The molecule has 10 N–H and O–H groups in total. The molecule has 9 unspecified atom stereocenters. The Bertz CT molecular complexity index is 1400. The van der Waals surface area contributed by atoms with E-state index in [1.807, 2.05) is 12.2 Å². The van der Waals surface area contributed by atoms with Gasteiger partial charge in [0.15, 0.2) is 12.6 Å². The van der Waals surface area contributed by atoms with Crippen molar-refractivity contribution in [2.24, 2.45) is 17.8 Å². The van der Waals surface area contributed by atoms with Gasteiger partial charge in [0.1, 0.15) is 61.9 Å². The lowest BCUT2D eigenvalue weighted by Gasteiger charge is -2.52. The summed E-state index contributed by atoms with van der Waals surface area (Å²) in [6, 6.07) is 0. The van der Waals surface area contributed by atoms with Crippen molar-refractivity contribution in [1.82, 2.24) is 0 Å². The molecule has 344 valence electrons. The van der Waals surface area contributed by atoms with Gasteiger partial charge in [-0.3, -0.25) is 9.59 Å². The molecule has 3 aliphatic heterocycles. The Morgan fingerprint density at radius 1 is 0.617 bits per heavy atom. The Labute approximate surface area is 347 Å². The third-order valence-corrected chi connectivity index (χ3v) is 13.0. The van der Waals surface area contributed by atoms with Crippen molar-refractivity contribution in [2.45, 2.75) is 181 Å². The quantitative estimate of drug-likeness (QED) is 0.0361. The number of aliphatic hydroxyl groups is 10.